The average molecular weight is 244 g/mol. The van der Waals surface area contributed by atoms with Crippen LogP contribution in [0.25, 0.3) is 0 Å². The third-order valence-electron chi connectivity index (χ3n) is 3.09. The van der Waals surface area contributed by atoms with E-state index in [1.807, 2.05) is 0 Å². The Morgan fingerprint density at radius 1 is 1.53 bits per heavy atom. The third kappa shape index (κ3) is 4.32. The Kier molecular flexibility index (Phi) is 5.37. The van der Waals surface area contributed by atoms with Crippen LogP contribution in [0.4, 0.5) is 0 Å². The van der Waals surface area contributed by atoms with E-state index in [2.05, 4.69) is 5.32 Å². The van der Waals surface area contributed by atoms with E-state index in [1.54, 1.807) is 7.11 Å². The molecule has 3 unspecified atom stereocenters. The Bertz CT molecular complexity index is 283. The number of aliphatic carboxylic acids is 1. The summed E-state index contributed by atoms with van der Waals surface area (Å²) >= 11 is 0. The van der Waals surface area contributed by atoms with Gasteiger partial charge >= 0.3 is 5.97 Å². The summed E-state index contributed by atoms with van der Waals surface area (Å²) in [6, 6.07) is -0.757. The molecule has 0 heterocycles. The summed E-state index contributed by atoms with van der Waals surface area (Å²) in [5.41, 5.74) is 5.61. The molecule has 0 spiro atoms. The molecule has 0 aromatic rings. The van der Waals surface area contributed by atoms with Crippen molar-refractivity contribution in [3.8, 4) is 0 Å². The van der Waals surface area contributed by atoms with Crippen LogP contribution in [0.2, 0.25) is 0 Å². The van der Waals surface area contributed by atoms with E-state index >= 15 is 0 Å². The highest BCUT2D eigenvalue weighted by Crippen LogP contribution is 2.21. The predicted molar refractivity (Wildman–Crippen MR) is 61.4 cm³/mol. The van der Waals surface area contributed by atoms with Crippen molar-refractivity contribution < 1.29 is 19.4 Å². The van der Waals surface area contributed by atoms with E-state index < -0.39 is 12.0 Å². The van der Waals surface area contributed by atoms with Crippen molar-refractivity contribution in [3.63, 3.8) is 0 Å². The van der Waals surface area contributed by atoms with Gasteiger partial charge in [-0.2, -0.15) is 0 Å². The minimum atomic E-state index is -0.941. The van der Waals surface area contributed by atoms with Gasteiger partial charge in [0.15, 0.2) is 0 Å². The van der Waals surface area contributed by atoms with Crippen LogP contribution < -0.4 is 11.1 Å². The first-order chi connectivity index (χ1) is 8.04. The molecule has 1 amide bonds. The molecule has 17 heavy (non-hydrogen) atoms. The Labute approximate surface area is 101 Å². The van der Waals surface area contributed by atoms with Crippen LogP contribution in [0.15, 0.2) is 0 Å². The van der Waals surface area contributed by atoms with Crippen LogP contribution in [-0.2, 0) is 14.3 Å². The molecular formula is C11H20N2O4. The summed E-state index contributed by atoms with van der Waals surface area (Å²) in [4.78, 5) is 22.1. The highest BCUT2D eigenvalue weighted by molar-refractivity contribution is 5.82. The average Bonchev–Trinajstić information content (AvgIpc) is 2.72. The van der Waals surface area contributed by atoms with E-state index in [9.17, 15) is 9.59 Å². The van der Waals surface area contributed by atoms with Gasteiger partial charge in [0, 0.05) is 13.5 Å². The zero-order valence-electron chi connectivity index (χ0n) is 10.0. The van der Waals surface area contributed by atoms with Crippen LogP contribution >= 0.6 is 0 Å². The molecule has 1 rings (SSSR count). The highest BCUT2D eigenvalue weighted by atomic mass is 16.5. The summed E-state index contributed by atoms with van der Waals surface area (Å²) in [6.07, 6.45) is 2.96. The van der Waals surface area contributed by atoms with Gasteiger partial charge < -0.3 is 20.9 Å². The molecule has 1 aliphatic rings. The normalized spacial score (nSPS) is 25.5. The topological polar surface area (TPSA) is 102 Å². The van der Waals surface area contributed by atoms with E-state index in [1.165, 1.54) is 0 Å². The van der Waals surface area contributed by atoms with Gasteiger partial charge in [0.05, 0.1) is 18.2 Å². The van der Waals surface area contributed by atoms with Crippen molar-refractivity contribution in [2.45, 2.75) is 50.3 Å². The number of ether oxygens (including phenoxy) is 1. The van der Waals surface area contributed by atoms with E-state index in [-0.39, 0.29) is 30.9 Å². The number of rotatable bonds is 6. The van der Waals surface area contributed by atoms with Crippen LogP contribution in [0.5, 0.6) is 0 Å². The van der Waals surface area contributed by atoms with Gasteiger partial charge in [0.25, 0.3) is 0 Å². The second-order valence-electron chi connectivity index (χ2n) is 4.36. The molecule has 1 fully saturated rings. The lowest BCUT2D eigenvalue weighted by Gasteiger charge is -2.21. The predicted octanol–water partition coefficient (Wildman–Crippen LogP) is -0.138. The largest absolute Gasteiger partial charge is 0.481 e. The van der Waals surface area contributed by atoms with Crippen molar-refractivity contribution in [3.05, 3.63) is 0 Å². The number of hydrogen-bond acceptors (Lipinski definition) is 4. The number of amides is 1. The molecule has 0 saturated heterocycles. The van der Waals surface area contributed by atoms with Gasteiger partial charge in [0.1, 0.15) is 0 Å². The maximum atomic E-state index is 11.7. The summed E-state index contributed by atoms with van der Waals surface area (Å²) in [5, 5.41) is 11.3. The fraction of sp³-hybridized carbons (Fsp3) is 0.818. The smallest absolute Gasteiger partial charge is 0.303 e. The van der Waals surface area contributed by atoms with Crippen molar-refractivity contribution in [2.75, 3.05) is 7.11 Å². The van der Waals surface area contributed by atoms with Gasteiger partial charge in [-0.1, -0.05) is 0 Å². The lowest BCUT2D eigenvalue weighted by molar-refractivity contribution is -0.137. The molecule has 4 N–H and O–H groups in total. The molecule has 98 valence electrons. The second-order valence-corrected chi connectivity index (χ2v) is 4.36. The summed E-state index contributed by atoms with van der Waals surface area (Å²) in [5.74, 6) is -1.23. The minimum Gasteiger partial charge on any atom is -0.481 e. The number of carboxylic acids is 1. The highest BCUT2D eigenvalue weighted by Gasteiger charge is 2.29. The van der Waals surface area contributed by atoms with Crippen LogP contribution in [0.3, 0.4) is 0 Å². The van der Waals surface area contributed by atoms with Gasteiger partial charge in [-0.3, -0.25) is 9.59 Å². The van der Waals surface area contributed by atoms with Crippen molar-refractivity contribution in [2.24, 2.45) is 5.73 Å². The molecule has 0 bridgehead atoms. The summed E-state index contributed by atoms with van der Waals surface area (Å²) < 4.78 is 5.25. The van der Waals surface area contributed by atoms with E-state index in [4.69, 9.17) is 15.6 Å². The number of carboxylic acid groups (broad SMARTS) is 1. The molecule has 3 atom stereocenters. The van der Waals surface area contributed by atoms with Crippen LogP contribution in [0, 0.1) is 0 Å². The number of nitrogens with one attached hydrogen (secondary N) is 1. The molecule has 1 saturated carbocycles. The van der Waals surface area contributed by atoms with Crippen molar-refractivity contribution >= 4 is 11.9 Å². The Morgan fingerprint density at radius 2 is 2.24 bits per heavy atom. The number of hydrogen-bond donors (Lipinski definition) is 3. The maximum absolute atomic E-state index is 11.7. The molecule has 0 radical (unpaired) electrons. The van der Waals surface area contributed by atoms with Crippen LogP contribution in [-0.4, -0.2) is 42.3 Å². The fourth-order valence-corrected chi connectivity index (χ4v) is 2.07. The molecule has 6 heteroatoms. The van der Waals surface area contributed by atoms with E-state index in [0.717, 1.165) is 19.3 Å². The minimum absolute atomic E-state index is 0.00313. The first-order valence-electron chi connectivity index (χ1n) is 5.85. The molecular weight excluding hydrogens is 224 g/mol. The molecule has 6 nitrogen and oxygen atoms in total. The van der Waals surface area contributed by atoms with Crippen molar-refractivity contribution in [1.82, 2.24) is 5.32 Å². The van der Waals surface area contributed by atoms with Crippen molar-refractivity contribution in [1.29, 1.82) is 0 Å². The first-order valence-corrected chi connectivity index (χ1v) is 5.85. The van der Waals surface area contributed by atoms with Gasteiger partial charge in [-0.05, 0) is 25.7 Å². The third-order valence-corrected chi connectivity index (χ3v) is 3.09. The zero-order chi connectivity index (χ0) is 12.8. The molecule has 0 aliphatic heterocycles. The standard InChI is InChI=1S/C11H20N2O4/c1-17-9-4-2-3-8(9)13-11(16)7(12)5-6-10(14)15/h7-9H,2-6,12H2,1H3,(H,13,16)(H,14,15). The molecule has 1 aliphatic carbocycles. The SMILES string of the molecule is COC1CCCC1NC(=O)C(N)CCC(=O)O. The Hall–Kier alpha value is -1.14. The first kappa shape index (κ1) is 13.9. The fourth-order valence-electron chi connectivity index (χ4n) is 2.07. The van der Waals surface area contributed by atoms with Gasteiger partial charge in [-0.25, -0.2) is 0 Å². The quantitative estimate of drug-likeness (QED) is 0.603. The molecule has 0 aromatic carbocycles. The maximum Gasteiger partial charge on any atom is 0.303 e. The summed E-state index contributed by atoms with van der Waals surface area (Å²) in [6.45, 7) is 0. The Morgan fingerprint density at radius 3 is 2.82 bits per heavy atom. The molecule has 0 aromatic heterocycles. The zero-order valence-corrected chi connectivity index (χ0v) is 10.0. The van der Waals surface area contributed by atoms with Crippen LogP contribution in [0.1, 0.15) is 32.1 Å². The van der Waals surface area contributed by atoms with Gasteiger partial charge in [0.2, 0.25) is 5.91 Å². The second kappa shape index (κ2) is 6.56. The lowest BCUT2D eigenvalue weighted by Crippen LogP contribution is -2.48. The number of carbonyl (C=O) groups is 2. The van der Waals surface area contributed by atoms with E-state index in [0.29, 0.717) is 0 Å². The summed E-state index contributed by atoms with van der Waals surface area (Å²) in [7, 11) is 1.62. The number of methoxy groups -OCH3 is 1. The Balaban J connectivity index is 2.34. The lowest BCUT2D eigenvalue weighted by atomic mass is 10.1. The monoisotopic (exact) mass is 244 g/mol. The number of carbonyl (C=O) groups excluding carboxylic acids is 1. The van der Waals surface area contributed by atoms with Gasteiger partial charge in [-0.15, -0.1) is 0 Å². The number of nitrogens with two attached hydrogens (primary N) is 1.